The highest BCUT2D eigenvalue weighted by atomic mass is 16.5. The lowest BCUT2D eigenvalue weighted by molar-refractivity contribution is 0.437. The van der Waals surface area contributed by atoms with Crippen LogP contribution in [0.4, 0.5) is 0 Å². The van der Waals surface area contributed by atoms with E-state index >= 15 is 0 Å². The highest BCUT2D eigenvalue weighted by Gasteiger charge is 2.51. The van der Waals surface area contributed by atoms with Gasteiger partial charge >= 0.3 is 0 Å². The predicted molar refractivity (Wildman–Crippen MR) is 193 cm³/mol. The molecule has 48 heavy (non-hydrogen) atoms. The molecule has 2 aliphatic rings. The maximum Gasteiger partial charge on any atom is 0.164 e. The van der Waals surface area contributed by atoms with Crippen LogP contribution < -0.4 is 4.74 Å². The molecule has 0 fully saturated rings. The van der Waals surface area contributed by atoms with E-state index in [1.807, 2.05) is 6.07 Å². The number of rotatable bonds is 3. The number of aromatic nitrogens is 2. The summed E-state index contributed by atoms with van der Waals surface area (Å²) in [6, 6.07) is 59.9. The third-order valence-corrected chi connectivity index (χ3v) is 9.98. The van der Waals surface area contributed by atoms with Crippen molar-refractivity contribution in [2.24, 2.45) is 0 Å². The van der Waals surface area contributed by atoms with Crippen molar-refractivity contribution >= 4 is 10.8 Å². The van der Waals surface area contributed by atoms with E-state index in [1.54, 1.807) is 0 Å². The van der Waals surface area contributed by atoms with Gasteiger partial charge in [-0.1, -0.05) is 152 Å². The summed E-state index contributed by atoms with van der Waals surface area (Å²) in [5.74, 6) is 2.26. The number of para-hydroxylation sites is 2. The molecule has 224 valence electrons. The fourth-order valence-corrected chi connectivity index (χ4v) is 7.97. The summed E-state index contributed by atoms with van der Waals surface area (Å²) < 4.78 is 6.96. The second-order valence-electron chi connectivity index (χ2n) is 12.5. The van der Waals surface area contributed by atoms with Crippen molar-refractivity contribution in [1.29, 1.82) is 0 Å². The van der Waals surface area contributed by atoms with E-state index in [2.05, 4.69) is 164 Å². The van der Waals surface area contributed by atoms with E-state index in [0.717, 1.165) is 56.1 Å². The van der Waals surface area contributed by atoms with Crippen LogP contribution in [0.1, 0.15) is 22.3 Å². The predicted octanol–water partition coefficient (Wildman–Crippen LogP) is 11.1. The van der Waals surface area contributed by atoms with Gasteiger partial charge in [0.15, 0.2) is 5.82 Å². The van der Waals surface area contributed by atoms with Gasteiger partial charge < -0.3 is 4.74 Å². The summed E-state index contributed by atoms with van der Waals surface area (Å²) in [5, 5.41) is 2.33. The Morgan fingerprint density at radius 2 is 0.979 bits per heavy atom. The minimum absolute atomic E-state index is 0.553. The van der Waals surface area contributed by atoms with E-state index in [1.165, 1.54) is 27.6 Å². The third kappa shape index (κ3) is 3.76. The van der Waals surface area contributed by atoms with E-state index in [0.29, 0.717) is 5.82 Å². The lowest BCUT2D eigenvalue weighted by Crippen LogP contribution is -2.32. The van der Waals surface area contributed by atoms with Crippen LogP contribution in [0.15, 0.2) is 170 Å². The maximum atomic E-state index is 6.96. The van der Waals surface area contributed by atoms with Gasteiger partial charge in [-0.3, -0.25) is 0 Å². The molecule has 1 aliphatic carbocycles. The Hall–Kier alpha value is -6.32. The zero-order valence-electron chi connectivity index (χ0n) is 26.0. The zero-order chi connectivity index (χ0) is 31.7. The van der Waals surface area contributed by atoms with Crippen LogP contribution in [0.2, 0.25) is 0 Å². The first kappa shape index (κ1) is 26.9. The molecule has 0 N–H and O–H groups in total. The first-order valence-corrected chi connectivity index (χ1v) is 16.3. The summed E-state index contributed by atoms with van der Waals surface area (Å²) in [7, 11) is 0. The quantitative estimate of drug-likeness (QED) is 0.199. The van der Waals surface area contributed by atoms with Gasteiger partial charge in [0.2, 0.25) is 0 Å². The standard InChI is InChI=1S/C45H28N2O/c1-2-15-30(16-3-1)40-28-41(34-21-12-17-29-14-4-5-18-31(29)34)47-44(46-40)35-22-13-26-39-43(35)48-42-27-11-10-25-38(42)45(39)36-23-8-6-19-32(36)33-20-7-9-24-37(33)45/h1-28H. The highest BCUT2D eigenvalue weighted by Crippen LogP contribution is 2.63. The molecule has 0 saturated carbocycles. The van der Waals surface area contributed by atoms with Crippen LogP contribution in [0.25, 0.3) is 55.8 Å². The molecule has 1 aromatic heterocycles. The van der Waals surface area contributed by atoms with Gasteiger partial charge in [-0.25, -0.2) is 9.97 Å². The van der Waals surface area contributed by atoms with Crippen molar-refractivity contribution in [3.8, 4) is 56.5 Å². The number of benzene rings is 7. The Morgan fingerprint density at radius 3 is 1.79 bits per heavy atom. The van der Waals surface area contributed by atoms with Gasteiger partial charge in [-0.05, 0) is 51.2 Å². The van der Waals surface area contributed by atoms with Gasteiger partial charge in [0, 0.05) is 22.3 Å². The van der Waals surface area contributed by atoms with Gasteiger partial charge in [-0.15, -0.1) is 0 Å². The summed E-state index contributed by atoms with van der Waals surface area (Å²) >= 11 is 0. The molecule has 8 aromatic rings. The molecule has 3 heteroatoms. The maximum absolute atomic E-state index is 6.96. The van der Waals surface area contributed by atoms with E-state index in [-0.39, 0.29) is 0 Å². The zero-order valence-corrected chi connectivity index (χ0v) is 26.0. The minimum atomic E-state index is -0.553. The Morgan fingerprint density at radius 1 is 0.417 bits per heavy atom. The van der Waals surface area contributed by atoms with Crippen LogP contribution in [0.5, 0.6) is 11.5 Å². The Labute approximate surface area is 278 Å². The molecule has 0 bridgehead atoms. The van der Waals surface area contributed by atoms with Crippen LogP contribution >= 0.6 is 0 Å². The lowest BCUT2D eigenvalue weighted by atomic mass is 9.66. The third-order valence-electron chi connectivity index (χ3n) is 9.98. The molecule has 0 unspecified atom stereocenters. The summed E-state index contributed by atoms with van der Waals surface area (Å²) in [6.07, 6.45) is 0. The van der Waals surface area contributed by atoms with E-state index in [4.69, 9.17) is 14.7 Å². The van der Waals surface area contributed by atoms with Crippen molar-refractivity contribution in [3.63, 3.8) is 0 Å². The van der Waals surface area contributed by atoms with E-state index in [9.17, 15) is 0 Å². The normalized spacial score (nSPS) is 13.3. The Kier molecular flexibility index (Phi) is 5.79. The summed E-state index contributed by atoms with van der Waals surface area (Å²) in [5.41, 5.74) is 11.4. The SMILES string of the molecule is c1ccc(-c2cc(-c3cccc4ccccc34)nc(-c3cccc4c3Oc3ccccc3C43c4ccccc4-c4ccccc43)n2)cc1. The number of nitrogens with zero attached hydrogens (tertiary/aromatic N) is 2. The molecule has 2 heterocycles. The molecule has 0 amide bonds. The van der Waals surface area contributed by atoms with Gasteiger partial charge in [0.05, 0.1) is 22.4 Å². The number of hydrogen-bond acceptors (Lipinski definition) is 3. The molecule has 7 aromatic carbocycles. The van der Waals surface area contributed by atoms with Gasteiger partial charge in [-0.2, -0.15) is 0 Å². The van der Waals surface area contributed by atoms with Crippen molar-refractivity contribution in [2.75, 3.05) is 0 Å². The second kappa shape index (κ2) is 10.3. The molecule has 0 atom stereocenters. The lowest BCUT2D eigenvalue weighted by Gasteiger charge is -2.39. The Balaban J connectivity index is 1.28. The smallest absolute Gasteiger partial charge is 0.164 e. The largest absolute Gasteiger partial charge is 0.456 e. The molecular weight excluding hydrogens is 585 g/mol. The number of fused-ring (bicyclic) bond motifs is 10. The van der Waals surface area contributed by atoms with Gasteiger partial charge in [0.1, 0.15) is 11.5 Å². The number of hydrogen-bond donors (Lipinski definition) is 0. The first-order chi connectivity index (χ1) is 23.8. The van der Waals surface area contributed by atoms with E-state index < -0.39 is 5.41 Å². The molecule has 1 spiro atoms. The summed E-state index contributed by atoms with van der Waals surface area (Å²) in [6.45, 7) is 0. The topological polar surface area (TPSA) is 35.0 Å². The van der Waals surface area contributed by atoms with Crippen LogP contribution in [-0.2, 0) is 5.41 Å². The van der Waals surface area contributed by atoms with Crippen molar-refractivity contribution < 1.29 is 4.74 Å². The minimum Gasteiger partial charge on any atom is -0.456 e. The number of ether oxygens (including phenoxy) is 1. The summed E-state index contributed by atoms with van der Waals surface area (Å²) in [4.78, 5) is 10.6. The average molecular weight is 613 g/mol. The van der Waals surface area contributed by atoms with Gasteiger partial charge in [0.25, 0.3) is 0 Å². The van der Waals surface area contributed by atoms with Crippen molar-refractivity contribution in [1.82, 2.24) is 9.97 Å². The van der Waals surface area contributed by atoms with Crippen LogP contribution in [-0.4, -0.2) is 9.97 Å². The van der Waals surface area contributed by atoms with Crippen LogP contribution in [0, 0.1) is 0 Å². The monoisotopic (exact) mass is 612 g/mol. The first-order valence-electron chi connectivity index (χ1n) is 16.3. The highest BCUT2D eigenvalue weighted by molar-refractivity contribution is 5.97. The molecule has 0 radical (unpaired) electrons. The molecule has 3 nitrogen and oxygen atoms in total. The molecular formula is C45H28N2O. The van der Waals surface area contributed by atoms with Crippen molar-refractivity contribution in [3.05, 3.63) is 192 Å². The van der Waals surface area contributed by atoms with Crippen molar-refractivity contribution in [2.45, 2.75) is 5.41 Å². The second-order valence-corrected chi connectivity index (χ2v) is 12.5. The fraction of sp³-hybridized carbons (Fsp3) is 0.0222. The molecule has 1 aliphatic heterocycles. The molecule has 10 rings (SSSR count). The fourth-order valence-electron chi connectivity index (χ4n) is 7.97. The Bertz CT molecular complexity index is 2500. The van der Waals surface area contributed by atoms with Crippen LogP contribution in [0.3, 0.4) is 0 Å². The average Bonchev–Trinajstić information content (AvgIpc) is 3.45. The molecule has 0 saturated heterocycles.